The average molecular weight is 338 g/mol. The molecule has 2 atom stereocenters. The van der Waals surface area contributed by atoms with Gasteiger partial charge in [0.15, 0.2) is 0 Å². The van der Waals surface area contributed by atoms with E-state index in [1.54, 1.807) is 6.33 Å². The predicted molar refractivity (Wildman–Crippen MR) is 96.6 cm³/mol. The molecule has 25 heavy (non-hydrogen) atoms. The highest BCUT2D eigenvalue weighted by Crippen LogP contribution is 2.40. The molecule has 1 aliphatic carbocycles. The van der Waals surface area contributed by atoms with Gasteiger partial charge in [-0.3, -0.25) is 0 Å². The van der Waals surface area contributed by atoms with Gasteiger partial charge in [0.2, 0.25) is 0 Å². The van der Waals surface area contributed by atoms with Gasteiger partial charge in [-0.15, -0.1) is 0 Å². The average Bonchev–Trinajstić information content (AvgIpc) is 3.11. The van der Waals surface area contributed by atoms with Crippen molar-refractivity contribution < 1.29 is 0 Å². The quantitative estimate of drug-likeness (QED) is 0.830. The fourth-order valence-corrected chi connectivity index (χ4v) is 4.49. The summed E-state index contributed by atoms with van der Waals surface area (Å²) in [5.74, 6) is 4.59. The molecule has 2 aromatic heterocycles. The Morgan fingerprint density at radius 2 is 1.84 bits per heavy atom. The van der Waals surface area contributed by atoms with Crippen LogP contribution in [0.4, 0.5) is 5.82 Å². The highest BCUT2D eigenvalue weighted by Gasteiger charge is 2.40. The van der Waals surface area contributed by atoms with Crippen molar-refractivity contribution in [2.75, 3.05) is 37.6 Å². The fourth-order valence-electron chi connectivity index (χ4n) is 4.49. The van der Waals surface area contributed by atoms with Gasteiger partial charge in [-0.1, -0.05) is 0 Å². The zero-order chi connectivity index (χ0) is 16.8. The lowest BCUT2D eigenvalue weighted by atomic mass is 10.0. The summed E-state index contributed by atoms with van der Waals surface area (Å²) in [5, 5.41) is 0. The highest BCUT2D eigenvalue weighted by atomic mass is 15.3. The number of hydrogen-bond acceptors (Lipinski definition) is 5. The summed E-state index contributed by atoms with van der Waals surface area (Å²) in [6.45, 7) is 5.84. The van der Waals surface area contributed by atoms with Crippen molar-refractivity contribution in [3.63, 3.8) is 0 Å². The monoisotopic (exact) mass is 338 g/mol. The molecule has 2 aliphatic heterocycles. The number of rotatable bonds is 5. The second kappa shape index (κ2) is 6.09. The summed E-state index contributed by atoms with van der Waals surface area (Å²) in [6, 6.07) is 2.23. The molecule has 3 fully saturated rings. The normalized spacial score (nSPS) is 26.4. The number of aromatic nitrogens is 4. The Morgan fingerprint density at radius 1 is 1.04 bits per heavy atom. The van der Waals surface area contributed by atoms with Crippen molar-refractivity contribution in [3.8, 4) is 0 Å². The van der Waals surface area contributed by atoms with Gasteiger partial charge in [0.05, 0.1) is 0 Å². The molecule has 1 saturated carbocycles. The van der Waals surface area contributed by atoms with E-state index in [1.807, 2.05) is 12.4 Å². The fraction of sp³-hybridized carbons (Fsp3) is 0.632. The van der Waals surface area contributed by atoms with Crippen LogP contribution in [0.1, 0.15) is 30.3 Å². The van der Waals surface area contributed by atoms with E-state index in [0.717, 1.165) is 43.7 Å². The van der Waals surface area contributed by atoms with Crippen LogP contribution in [0, 0.1) is 11.8 Å². The second-order valence-corrected chi connectivity index (χ2v) is 7.96. The Labute approximate surface area is 148 Å². The molecular weight excluding hydrogens is 312 g/mol. The molecule has 2 aromatic rings. The van der Waals surface area contributed by atoms with E-state index in [4.69, 9.17) is 0 Å². The summed E-state index contributed by atoms with van der Waals surface area (Å²) in [7, 11) is 2.08. The highest BCUT2D eigenvalue weighted by molar-refractivity contribution is 5.42. The molecule has 0 bridgehead atoms. The Hall–Kier alpha value is -1.95. The number of aryl methyl sites for hydroxylation is 1. The minimum Gasteiger partial charge on any atom is -0.356 e. The van der Waals surface area contributed by atoms with E-state index in [0.29, 0.717) is 5.92 Å². The molecule has 4 heterocycles. The Bertz CT molecular complexity index is 738. The van der Waals surface area contributed by atoms with Crippen molar-refractivity contribution in [3.05, 3.63) is 36.3 Å². The molecule has 6 nitrogen and oxygen atoms in total. The minimum absolute atomic E-state index is 0.700. The van der Waals surface area contributed by atoms with Crippen LogP contribution >= 0.6 is 0 Å². The van der Waals surface area contributed by atoms with Gasteiger partial charge in [-0.25, -0.2) is 15.0 Å². The maximum atomic E-state index is 4.55. The summed E-state index contributed by atoms with van der Waals surface area (Å²) < 4.78 is 2.13. The Morgan fingerprint density at radius 3 is 2.52 bits per heavy atom. The first-order valence-corrected chi connectivity index (χ1v) is 9.51. The third-order valence-corrected chi connectivity index (χ3v) is 6.13. The standard InChI is InChI=1S/C19H26N6/c1-23-7-5-20-18(23)4-6-24-9-15-11-25(12-16(15)10-24)19-8-17(14-2-3-14)21-13-22-19/h5,7-8,13-16H,2-4,6,9-12H2,1H3. The van der Waals surface area contributed by atoms with E-state index < -0.39 is 0 Å². The van der Waals surface area contributed by atoms with Gasteiger partial charge in [-0.2, -0.15) is 0 Å². The number of nitrogens with zero attached hydrogens (tertiary/aromatic N) is 6. The van der Waals surface area contributed by atoms with Crippen molar-refractivity contribution in [2.45, 2.75) is 25.2 Å². The van der Waals surface area contributed by atoms with Crippen molar-refractivity contribution in [1.29, 1.82) is 0 Å². The molecule has 132 valence electrons. The zero-order valence-electron chi connectivity index (χ0n) is 14.9. The van der Waals surface area contributed by atoms with E-state index in [1.165, 1.54) is 37.4 Å². The van der Waals surface area contributed by atoms with Crippen molar-refractivity contribution >= 4 is 5.82 Å². The zero-order valence-corrected chi connectivity index (χ0v) is 14.9. The van der Waals surface area contributed by atoms with Crippen molar-refractivity contribution in [2.24, 2.45) is 18.9 Å². The molecule has 0 amide bonds. The van der Waals surface area contributed by atoms with Crippen LogP contribution in [0.25, 0.3) is 0 Å². The Balaban J connectivity index is 1.18. The van der Waals surface area contributed by atoms with Crippen LogP contribution in [0.3, 0.4) is 0 Å². The predicted octanol–water partition coefficient (Wildman–Crippen LogP) is 1.70. The molecule has 5 rings (SSSR count). The van der Waals surface area contributed by atoms with Crippen molar-refractivity contribution in [1.82, 2.24) is 24.4 Å². The van der Waals surface area contributed by atoms with E-state index in [2.05, 4.69) is 42.4 Å². The lowest BCUT2D eigenvalue weighted by Crippen LogP contribution is -2.30. The molecule has 0 N–H and O–H groups in total. The van der Waals surface area contributed by atoms with Gasteiger partial charge < -0.3 is 14.4 Å². The van der Waals surface area contributed by atoms with Crippen LogP contribution in [0.5, 0.6) is 0 Å². The maximum Gasteiger partial charge on any atom is 0.132 e. The largest absolute Gasteiger partial charge is 0.356 e. The molecule has 6 heteroatoms. The molecule has 2 unspecified atom stereocenters. The smallest absolute Gasteiger partial charge is 0.132 e. The van der Waals surface area contributed by atoms with Gasteiger partial charge in [0.1, 0.15) is 18.0 Å². The first kappa shape index (κ1) is 15.3. The minimum atomic E-state index is 0.700. The van der Waals surface area contributed by atoms with Crippen LogP contribution in [0.2, 0.25) is 0 Å². The lowest BCUT2D eigenvalue weighted by Gasteiger charge is -2.22. The van der Waals surface area contributed by atoms with E-state index in [9.17, 15) is 0 Å². The Kier molecular flexibility index (Phi) is 3.73. The van der Waals surface area contributed by atoms with Gasteiger partial charge in [-0.05, 0) is 24.7 Å². The molecule has 0 radical (unpaired) electrons. The van der Waals surface area contributed by atoms with E-state index >= 15 is 0 Å². The number of fused-ring (bicyclic) bond motifs is 1. The molecular formula is C19H26N6. The first-order valence-electron chi connectivity index (χ1n) is 9.51. The van der Waals surface area contributed by atoms with Gasteiger partial charge in [0.25, 0.3) is 0 Å². The van der Waals surface area contributed by atoms with Crippen LogP contribution < -0.4 is 4.90 Å². The molecule has 0 aromatic carbocycles. The third kappa shape index (κ3) is 3.03. The first-order chi connectivity index (χ1) is 12.3. The third-order valence-electron chi connectivity index (χ3n) is 6.13. The van der Waals surface area contributed by atoms with Gasteiger partial charge >= 0.3 is 0 Å². The summed E-state index contributed by atoms with van der Waals surface area (Å²) in [6.07, 6.45) is 9.33. The molecule has 2 saturated heterocycles. The summed E-state index contributed by atoms with van der Waals surface area (Å²) >= 11 is 0. The summed E-state index contributed by atoms with van der Waals surface area (Å²) in [4.78, 5) is 18.6. The van der Waals surface area contributed by atoms with Gasteiger partial charge in [0, 0.05) is 76.3 Å². The topological polar surface area (TPSA) is 50.1 Å². The van der Waals surface area contributed by atoms with Crippen LogP contribution in [0.15, 0.2) is 24.8 Å². The van der Waals surface area contributed by atoms with Crippen LogP contribution in [-0.2, 0) is 13.5 Å². The lowest BCUT2D eigenvalue weighted by molar-refractivity contribution is 0.317. The molecule has 0 spiro atoms. The maximum absolute atomic E-state index is 4.55. The summed E-state index contributed by atoms with van der Waals surface area (Å²) in [5.41, 5.74) is 1.25. The molecule has 3 aliphatic rings. The number of hydrogen-bond donors (Lipinski definition) is 0. The second-order valence-electron chi connectivity index (χ2n) is 7.96. The van der Waals surface area contributed by atoms with E-state index in [-0.39, 0.29) is 0 Å². The number of anilines is 1. The number of likely N-dealkylation sites (tertiary alicyclic amines) is 1. The van der Waals surface area contributed by atoms with Crippen LogP contribution in [-0.4, -0.2) is 57.1 Å². The SMILES string of the molecule is Cn1ccnc1CCN1CC2CN(c3cc(C4CC4)ncn3)CC2C1. The number of imidazole rings is 1.